The van der Waals surface area contributed by atoms with Gasteiger partial charge in [0, 0.05) is 21.9 Å². The fourth-order valence-corrected chi connectivity index (χ4v) is 6.84. The van der Waals surface area contributed by atoms with Crippen LogP contribution in [0.3, 0.4) is 0 Å². The van der Waals surface area contributed by atoms with E-state index in [1.165, 1.54) is 0 Å². The van der Waals surface area contributed by atoms with E-state index in [4.69, 9.17) is 28.8 Å². The molecule has 0 saturated heterocycles. The standard InChI is InChI=1S/C46H28N4O2/c1-3-13-29(14-4-1)31-17-9-19-33(27-31)43-48-44(34-20-10-18-32(28-34)30-15-5-2-6-16-30)50-45(49-43)37-23-11-21-35-36-22-12-24-38(42(36)52-41(35)37)46-47-39-25-7-8-26-40(39)51-46/h1-28H. The number of nitrogens with zero attached hydrogens (tertiary/aromatic N) is 4. The maximum atomic E-state index is 6.76. The van der Waals surface area contributed by atoms with Crippen molar-refractivity contribution < 1.29 is 8.83 Å². The van der Waals surface area contributed by atoms with Crippen molar-refractivity contribution in [2.24, 2.45) is 0 Å². The Kier molecular flexibility index (Phi) is 7.03. The molecule has 0 bridgehead atoms. The molecule has 0 aliphatic carbocycles. The monoisotopic (exact) mass is 668 g/mol. The second-order valence-corrected chi connectivity index (χ2v) is 12.7. The molecule has 0 radical (unpaired) electrons. The first-order valence-electron chi connectivity index (χ1n) is 17.1. The molecule has 52 heavy (non-hydrogen) atoms. The summed E-state index contributed by atoms with van der Waals surface area (Å²) in [5.74, 6) is 2.17. The second kappa shape index (κ2) is 12.3. The smallest absolute Gasteiger partial charge is 0.231 e. The van der Waals surface area contributed by atoms with Crippen LogP contribution in [0.4, 0.5) is 0 Å². The molecule has 0 spiro atoms. The topological polar surface area (TPSA) is 77.8 Å². The lowest BCUT2D eigenvalue weighted by atomic mass is 10.0. The van der Waals surface area contributed by atoms with Crippen LogP contribution >= 0.6 is 0 Å². The number of hydrogen-bond donors (Lipinski definition) is 0. The van der Waals surface area contributed by atoms with E-state index in [0.717, 1.165) is 66.4 Å². The van der Waals surface area contributed by atoms with Crippen LogP contribution in [-0.2, 0) is 0 Å². The molecule has 0 atom stereocenters. The number of para-hydroxylation sites is 4. The Morgan fingerprint density at radius 3 is 1.42 bits per heavy atom. The Labute approximate surface area is 298 Å². The number of fused-ring (bicyclic) bond motifs is 4. The van der Waals surface area contributed by atoms with E-state index >= 15 is 0 Å². The van der Waals surface area contributed by atoms with E-state index in [1.807, 2.05) is 109 Å². The second-order valence-electron chi connectivity index (χ2n) is 12.7. The van der Waals surface area contributed by atoms with E-state index in [9.17, 15) is 0 Å². The van der Waals surface area contributed by atoms with Crippen LogP contribution in [0.5, 0.6) is 0 Å². The van der Waals surface area contributed by atoms with Crippen LogP contribution in [0.2, 0.25) is 0 Å². The summed E-state index contributed by atoms with van der Waals surface area (Å²) in [6.45, 7) is 0. The van der Waals surface area contributed by atoms with E-state index in [-0.39, 0.29) is 0 Å². The fraction of sp³-hybridized carbons (Fsp3) is 0. The van der Waals surface area contributed by atoms with Gasteiger partial charge < -0.3 is 8.83 Å². The minimum atomic E-state index is 0.508. The van der Waals surface area contributed by atoms with Crippen LogP contribution in [0.25, 0.3) is 101 Å². The SMILES string of the molecule is c1ccc(-c2cccc(-c3nc(-c4cccc(-c5ccccc5)c4)nc(-c4cccc5c4oc4c(-c6nc7ccccc7o6)cccc45)n3)c2)cc1. The molecule has 244 valence electrons. The molecule has 0 unspecified atom stereocenters. The van der Waals surface area contributed by atoms with E-state index in [2.05, 4.69) is 60.7 Å². The zero-order chi connectivity index (χ0) is 34.4. The van der Waals surface area contributed by atoms with Gasteiger partial charge in [0.1, 0.15) is 16.7 Å². The minimum absolute atomic E-state index is 0.508. The lowest BCUT2D eigenvalue weighted by Gasteiger charge is -2.11. The van der Waals surface area contributed by atoms with Crippen LogP contribution in [0, 0.1) is 0 Å². The summed E-state index contributed by atoms with van der Waals surface area (Å²) < 4.78 is 12.9. The number of aromatic nitrogens is 4. The lowest BCUT2D eigenvalue weighted by molar-refractivity contribution is 0.615. The van der Waals surface area contributed by atoms with Gasteiger partial charge in [-0.25, -0.2) is 19.9 Å². The Hall–Kier alpha value is -7.18. The summed E-state index contributed by atoms with van der Waals surface area (Å²) in [5.41, 5.74) is 10.6. The zero-order valence-electron chi connectivity index (χ0n) is 27.8. The summed E-state index contributed by atoms with van der Waals surface area (Å²) in [6.07, 6.45) is 0. The summed E-state index contributed by atoms with van der Waals surface area (Å²) >= 11 is 0. The molecule has 6 nitrogen and oxygen atoms in total. The first-order chi connectivity index (χ1) is 25.7. The zero-order valence-corrected chi connectivity index (χ0v) is 27.8. The van der Waals surface area contributed by atoms with Gasteiger partial charge in [0.05, 0.1) is 11.1 Å². The third-order valence-corrected chi connectivity index (χ3v) is 9.38. The highest BCUT2D eigenvalue weighted by Crippen LogP contribution is 2.40. The van der Waals surface area contributed by atoms with Crippen molar-refractivity contribution in [2.75, 3.05) is 0 Å². The quantitative estimate of drug-likeness (QED) is 0.175. The van der Waals surface area contributed by atoms with Crippen molar-refractivity contribution in [1.29, 1.82) is 0 Å². The normalized spacial score (nSPS) is 11.5. The molecule has 10 aromatic rings. The van der Waals surface area contributed by atoms with Gasteiger partial charge in [0.2, 0.25) is 5.89 Å². The van der Waals surface area contributed by atoms with Crippen molar-refractivity contribution in [3.8, 4) is 67.9 Å². The Bertz CT molecular complexity index is 2780. The number of oxazole rings is 1. The molecule has 7 aromatic carbocycles. The Morgan fingerprint density at radius 1 is 0.327 bits per heavy atom. The maximum absolute atomic E-state index is 6.76. The molecule has 0 N–H and O–H groups in total. The van der Waals surface area contributed by atoms with Gasteiger partial charge in [-0.2, -0.15) is 0 Å². The van der Waals surface area contributed by atoms with Crippen molar-refractivity contribution in [2.45, 2.75) is 0 Å². The molecule has 6 heteroatoms. The maximum Gasteiger partial charge on any atom is 0.231 e. The molecular weight excluding hydrogens is 641 g/mol. The average molecular weight is 669 g/mol. The van der Waals surface area contributed by atoms with Gasteiger partial charge in [-0.3, -0.25) is 0 Å². The summed E-state index contributed by atoms with van der Waals surface area (Å²) in [5, 5.41) is 1.91. The molecule has 3 aromatic heterocycles. The number of rotatable bonds is 6. The summed E-state index contributed by atoms with van der Waals surface area (Å²) in [7, 11) is 0. The van der Waals surface area contributed by atoms with E-state index in [1.54, 1.807) is 0 Å². The van der Waals surface area contributed by atoms with Gasteiger partial charge in [-0.15, -0.1) is 0 Å². The number of furan rings is 1. The van der Waals surface area contributed by atoms with Gasteiger partial charge in [0.25, 0.3) is 0 Å². The van der Waals surface area contributed by atoms with Crippen molar-refractivity contribution >= 4 is 33.0 Å². The number of hydrogen-bond acceptors (Lipinski definition) is 6. The third kappa shape index (κ3) is 5.22. The predicted octanol–water partition coefficient (Wildman–Crippen LogP) is 11.9. The number of benzene rings is 7. The van der Waals surface area contributed by atoms with Crippen LogP contribution in [0.15, 0.2) is 179 Å². The van der Waals surface area contributed by atoms with Crippen molar-refractivity contribution in [3.63, 3.8) is 0 Å². The first kappa shape index (κ1) is 29.7. The van der Waals surface area contributed by atoms with Crippen LogP contribution in [0.1, 0.15) is 0 Å². The first-order valence-corrected chi connectivity index (χ1v) is 17.1. The molecule has 0 aliphatic rings. The van der Waals surface area contributed by atoms with Gasteiger partial charge in [0.15, 0.2) is 23.1 Å². The van der Waals surface area contributed by atoms with Crippen LogP contribution in [-0.4, -0.2) is 19.9 Å². The highest BCUT2D eigenvalue weighted by atomic mass is 16.4. The Balaban J connectivity index is 1.17. The van der Waals surface area contributed by atoms with E-state index < -0.39 is 0 Å². The molecule has 0 amide bonds. The molecular formula is C46H28N4O2. The Morgan fingerprint density at radius 2 is 0.808 bits per heavy atom. The summed E-state index contributed by atoms with van der Waals surface area (Å²) in [6, 6.07) is 57.2. The van der Waals surface area contributed by atoms with Crippen LogP contribution < -0.4 is 0 Å². The summed E-state index contributed by atoms with van der Waals surface area (Å²) in [4.78, 5) is 20.1. The third-order valence-electron chi connectivity index (χ3n) is 9.38. The minimum Gasteiger partial charge on any atom is -0.454 e. The van der Waals surface area contributed by atoms with Gasteiger partial charge >= 0.3 is 0 Å². The van der Waals surface area contributed by atoms with E-state index in [0.29, 0.717) is 34.5 Å². The molecule has 3 heterocycles. The van der Waals surface area contributed by atoms with Crippen molar-refractivity contribution in [1.82, 2.24) is 19.9 Å². The largest absolute Gasteiger partial charge is 0.454 e. The predicted molar refractivity (Wildman–Crippen MR) is 207 cm³/mol. The van der Waals surface area contributed by atoms with Gasteiger partial charge in [-0.1, -0.05) is 133 Å². The van der Waals surface area contributed by atoms with Gasteiger partial charge in [-0.05, 0) is 58.7 Å². The van der Waals surface area contributed by atoms with Crippen molar-refractivity contribution in [3.05, 3.63) is 170 Å². The highest BCUT2D eigenvalue weighted by molar-refractivity contribution is 6.12. The fourth-order valence-electron chi connectivity index (χ4n) is 6.84. The lowest BCUT2D eigenvalue weighted by Crippen LogP contribution is -2.00. The molecule has 0 saturated carbocycles. The molecule has 0 fully saturated rings. The molecule has 0 aliphatic heterocycles. The highest BCUT2D eigenvalue weighted by Gasteiger charge is 2.21. The molecule has 10 rings (SSSR count). The average Bonchev–Trinajstić information content (AvgIpc) is 3.84.